The number of aryl methyl sites for hydroxylation is 1. The first-order valence-electron chi connectivity index (χ1n) is 6.09. The number of hydrogen-bond donors (Lipinski definition) is 2. The summed E-state index contributed by atoms with van der Waals surface area (Å²) in [6.07, 6.45) is 3.08. The van der Waals surface area contributed by atoms with Gasteiger partial charge in [0.1, 0.15) is 5.75 Å². The highest BCUT2D eigenvalue weighted by Crippen LogP contribution is 2.23. The van der Waals surface area contributed by atoms with E-state index in [0.29, 0.717) is 10.7 Å². The highest BCUT2D eigenvalue weighted by molar-refractivity contribution is 6.30. The van der Waals surface area contributed by atoms with Gasteiger partial charge in [0, 0.05) is 11.1 Å². The van der Waals surface area contributed by atoms with E-state index in [1.165, 1.54) is 6.08 Å². The summed E-state index contributed by atoms with van der Waals surface area (Å²) in [5.74, 6) is -0.252. The van der Waals surface area contributed by atoms with E-state index in [4.69, 9.17) is 11.6 Å². The molecule has 102 valence electrons. The average Bonchev–Trinajstić information content (AvgIpc) is 2.41. The third kappa shape index (κ3) is 3.87. The minimum absolute atomic E-state index is 0.0539. The fourth-order valence-electron chi connectivity index (χ4n) is 1.67. The molecular weight excluding hydrogens is 274 g/mol. The normalized spacial score (nSPS) is 10.7. The Kier molecular flexibility index (Phi) is 4.43. The van der Waals surface area contributed by atoms with Crippen molar-refractivity contribution in [3.05, 3.63) is 64.7 Å². The van der Waals surface area contributed by atoms with Crippen molar-refractivity contribution in [3.8, 4) is 5.75 Å². The number of aromatic hydroxyl groups is 1. The van der Waals surface area contributed by atoms with E-state index in [0.717, 1.165) is 11.1 Å². The second-order valence-electron chi connectivity index (χ2n) is 4.39. The third-order valence-electron chi connectivity index (χ3n) is 2.71. The molecule has 0 aliphatic rings. The molecule has 0 saturated carbocycles. The fraction of sp³-hybridized carbons (Fsp3) is 0.0625. The van der Waals surface area contributed by atoms with E-state index in [9.17, 15) is 9.90 Å². The molecular formula is C16H14ClNO2. The summed E-state index contributed by atoms with van der Waals surface area (Å²) in [7, 11) is 0. The molecule has 0 heterocycles. The van der Waals surface area contributed by atoms with Crippen LogP contribution in [-0.2, 0) is 4.79 Å². The van der Waals surface area contributed by atoms with Crippen LogP contribution in [0.3, 0.4) is 0 Å². The second kappa shape index (κ2) is 6.26. The van der Waals surface area contributed by atoms with Crippen molar-refractivity contribution in [2.75, 3.05) is 5.32 Å². The fourth-order valence-corrected chi connectivity index (χ4v) is 1.79. The van der Waals surface area contributed by atoms with E-state index < -0.39 is 0 Å². The molecule has 0 radical (unpaired) electrons. The Bertz CT molecular complexity index is 648. The van der Waals surface area contributed by atoms with Crippen LogP contribution in [0.4, 0.5) is 5.69 Å². The first-order chi connectivity index (χ1) is 9.54. The van der Waals surface area contributed by atoms with Crippen molar-refractivity contribution in [2.24, 2.45) is 0 Å². The lowest BCUT2D eigenvalue weighted by Crippen LogP contribution is -2.07. The van der Waals surface area contributed by atoms with Crippen LogP contribution >= 0.6 is 11.6 Å². The number of carbonyl (C=O) groups excluding carboxylic acids is 1. The van der Waals surface area contributed by atoms with Crippen LogP contribution in [0.2, 0.25) is 5.02 Å². The molecule has 0 bridgehead atoms. The molecule has 20 heavy (non-hydrogen) atoms. The Morgan fingerprint density at radius 2 is 1.90 bits per heavy atom. The number of hydrogen-bond acceptors (Lipinski definition) is 2. The van der Waals surface area contributed by atoms with Crippen molar-refractivity contribution in [1.82, 2.24) is 0 Å². The van der Waals surface area contributed by atoms with Gasteiger partial charge in [-0.3, -0.25) is 4.79 Å². The average molecular weight is 288 g/mol. The van der Waals surface area contributed by atoms with Gasteiger partial charge in [-0.05, 0) is 48.4 Å². The first-order valence-corrected chi connectivity index (χ1v) is 6.46. The summed E-state index contributed by atoms with van der Waals surface area (Å²) in [5, 5.41) is 13.0. The molecule has 1 amide bonds. The number of phenols is 1. The summed E-state index contributed by atoms with van der Waals surface area (Å²) in [6, 6.07) is 12.2. The Morgan fingerprint density at radius 3 is 2.55 bits per heavy atom. The first kappa shape index (κ1) is 14.2. The summed E-state index contributed by atoms with van der Waals surface area (Å²) in [5.41, 5.74) is 2.19. The van der Waals surface area contributed by atoms with E-state index in [1.54, 1.807) is 30.3 Å². The molecule has 2 aromatic rings. The van der Waals surface area contributed by atoms with Gasteiger partial charge in [-0.2, -0.15) is 0 Å². The lowest BCUT2D eigenvalue weighted by Gasteiger charge is -2.05. The van der Waals surface area contributed by atoms with Crippen molar-refractivity contribution < 1.29 is 9.90 Å². The minimum Gasteiger partial charge on any atom is -0.506 e. The van der Waals surface area contributed by atoms with Gasteiger partial charge in [-0.25, -0.2) is 0 Å². The van der Waals surface area contributed by atoms with Crippen molar-refractivity contribution >= 4 is 29.3 Å². The van der Waals surface area contributed by atoms with Gasteiger partial charge in [0.2, 0.25) is 5.91 Å². The van der Waals surface area contributed by atoms with Crippen LogP contribution in [0.5, 0.6) is 5.75 Å². The maximum atomic E-state index is 11.8. The molecule has 0 saturated heterocycles. The van der Waals surface area contributed by atoms with Crippen LogP contribution in [0.25, 0.3) is 6.08 Å². The zero-order chi connectivity index (χ0) is 14.5. The highest BCUT2D eigenvalue weighted by Gasteiger charge is 2.03. The standard InChI is InChI=1S/C16H14ClNO2/c1-11-2-8-14(15(19)10-11)18-16(20)9-5-12-3-6-13(17)7-4-12/h2-10,19H,1H3,(H,18,20)/b9-5+. The topological polar surface area (TPSA) is 49.3 Å². The van der Waals surface area contributed by atoms with Crippen molar-refractivity contribution in [1.29, 1.82) is 0 Å². The summed E-state index contributed by atoms with van der Waals surface area (Å²) in [6.45, 7) is 1.87. The van der Waals surface area contributed by atoms with E-state index in [1.807, 2.05) is 25.1 Å². The molecule has 0 aromatic heterocycles. The number of carbonyl (C=O) groups is 1. The van der Waals surface area contributed by atoms with E-state index in [2.05, 4.69) is 5.32 Å². The van der Waals surface area contributed by atoms with Crippen LogP contribution in [-0.4, -0.2) is 11.0 Å². The minimum atomic E-state index is -0.306. The van der Waals surface area contributed by atoms with Crippen molar-refractivity contribution in [2.45, 2.75) is 6.92 Å². The van der Waals surface area contributed by atoms with Crippen LogP contribution in [0.15, 0.2) is 48.5 Å². The number of benzene rings is 2. The Hall–Kier alpha value is -2.26. The monoisotopic (exact) mass is 287 g/mol. The third-order valence-corrected chi connectivity index (χ3v) is 2.96. The molecule has 0 spiro atoms. The van der Waals surface area contributed by atoms with Crippen LogP contribution in [0, 0.1) is 6.92 Å². The number of anilines is 1. The van der Waals surface area contributed by atoms with Crippen LogP contribution in [0.1, 0.15) is 11.1 Å². The maximum Gasteiger partial charge on any atom is 0.248 e. The lowest BCUT2D eigenvalue weighted by atomic mass is 10.2. The predicted octanol–water partition coefficient (Wildman–Crippen LogP) is 4.01. The van der Waals surface area contributed by atoms with Crippen molar-refractivity contribution in [3.63, 3.8) is 0 Å². The SMILES string of the molecule is Cc1ccc(NC(=O)/C=C/c2ccc(Cl)cc2)c(O)c1. The molecule has 0 aliphatic heterocycles. The second-order valence-corrected chi connectivity index (χ2v) is 4.83. The van der Waals surface area contributed by atoms with Gasteiger partial charge in [0.25, 0.3) is 0 Å². The molecule has 4 heteroatoms. The molecule has 0 fully saturated rings. The molecule has 2 aromatic carbocycles. The molecule has 2 rings (SSSR count). The molecule has 0 aliphatic carbocycles. The Balaban J connectivity index is 2.03. The van der Waals surface area contributed by atoms with Gasteiger partial charge < -0.3 is 10.4 Å². The molecule has 2 N–H and O–H groups in total. The summed E-state index contributed by atoms with van der Waals surface area (Å²) < 4.78 is 0. The molecule has 0 atom stereocenters. The van der Waals surface area contributed by atoms with Gasteiger partial charge in [0.15, 0.2) is 0 Å². The quantitative estimate of drug-likeness (QED) is 0.662. The Labute approximate surface area is 122 Å². The zero-order valence-electron chi connectivity index (χ0n) is 10.9. The zero-order valence-corrected chi connectivity index (χ0v) is 11.7. The summed E-state index contributed by atoms with van der Waals surface area (Å²) >= 11 is 5.78. The number of nitrogens with one attached hydrogen (secondary N) is 1. The lowest BCUT2D eigenvalue weighted by molar-refractivity contribution is -0.111. The number of rotatable bonds is 3. The summed E-state index contributed by atoms with van der Waals surface area (Å²) in [4.78, 5) is 11.8. The maximum absolute atomic E-state index is 11.8. The van der Waals surface area contributed by atoms with E-state index >= 15 is 0 Å². The predicted molar refractivity (Wildman–Crippen MR) is 82.0 cm³/mol. The molecule has 3 nitrogen and oxygen atoms in total. The largest absolute Gasteiger partial charge is 0.506 e. The van der Waals surface area contributed by atoms with Crippen LogP contribution < -0.4 is 5.32 Å². The van der Waals surface area contributed by atoms with Gasteiger partial charge in [0.05, 0.1) is 5.69 Å². The Morgan fingerprint density at radius 1 is 1.20 bits per heavy atom. The smallest absolute Gasteiger partial charge is 0.248 e. The number of phenolic OH excluding ortho intramolecular Hbond substituents is 1. The van der Waals surface area contributed by atoms with Gasteiger partial charge in [-0.1, -0.05) is 29.8 Å². The number of halogens is 1. The molecule has 0 unspecified atom stereocenters. The van der Waals surface area contributed by atoms with Gasteiger partial charge in [-0.15, -0.1) is 0 Å². The van der Waals surface area contributed by atoms with E-state index in [-0.39, 0.29) is 11.7 Å². The highest BCUT2D eigenvalue weighted by atomic mass is 35.5. The number of amides is 1. The van der Waals surface area contributed by atoms with Gasteiger partial charge >= 0.3 is 0 Å².